The monoisotopic (exact) mass is 497 g/mol. The standard InChI is InChI=1S/C21H27N3O7S2/c1-15-4-5-17(32(26,27)22-3)13-19(15)23-21(25)14-31-20-7-6-18(12-16(20)2)33(28,29)24-8-10-30-11-9-24/h4-7,12-13,22H,8-11,14H2,1-3H3,(H,23,25). The lowest BCUT2D eigenvalue weighted by Crippen LogP contribution is -2.40. The molecule has 1 heterocycles. The second-order valence-corrected chi connectivity index (χ2v) is 11.3. The number of carbonyl (C=O) groups is 1. The van der Waals surface area contributed by atoms with Crippen molar-refractivity contribution in [1.82, 2.24) is 9.03 Å². The van der Waals surface area contributed by atoms with Crippen molar-refractivity contribution in [3.8, 4) is 5.75 Å². The number of sulfonamides is 2. The first-order chi connectivity index (χ1) is 15.5. The first kappa shape index (κ1) is 25.1. The van der Waals surface area contributed by atoms with Gasteiger partial charge in [-0.1, -0.05) is 6.07 Å². The van der Waals surface area contributed by atoms with E-state index < -0.39 is 26.0 Å². The molecule has 0 spiro atoms. The van der Waals surface area contributed by atoms with E-state index in [-0.39, 0.29) is 16.4 Å². The Labute approximate surface area is 194 Å². The third-order valence-corrected chi connectivity index (χ3v) is 8.48. The molecule has 12 heteroatoms. The minimum absolute atomic E-state index is 0.0275. The van der Waals surface area contributed by atoms with Crippen LogP contribution in [-0.4, -0.2) is 67.0 Å². The summed E-state index contributed by atoms with van der Waals surface area (Å²) in [7, 11) is -5.98. The number of ether oxygens (including phenoxy) is 2. The summed E-state index contributed by atoms with van der Waals surface area (Å²) in [6.07, 6.45) is 0. The Bertz CT molecular complexity index is 1240. The third-order valence-electron chi connectivity index (χ3n) is 5.18. The van der Waals surface area contributed by atoms with E-state index in [1.54, 1.807) is 19.9 Å². The van der Waals surface area contributed by atoms with E-state index in [1.807, 2.05) is 0 Å². The number of nitrogens with one attached hydrogen (secondary N) is 2. The van der Waals surface area contributed by atoms with Crippen molar-refractivity contribution >= 4 is 31.6 Å². The molecule has 180 valence electrons. The van der Waals surface area contributed by atoms with Crippen molar-refractivity contribution in [1.29, 1.82) is 0 Å². The number of aryl methyl sites for hydroxylation is 2. The summed E-state index contributed by atoms with van der Waals surface area (Å²) in [6.45, 7) is 4.42. The fourth-order valence-corrected chi connectivity index (χ4v) is 5.48. The number of morpholine rings is 1. The van der Waals surface area contributed by atoms with Gasteiger partial charge in [-0.25, -0.2) is 21.6 Å². The van der Waals surface area contributed by atoms with Gasteiger partial charge >= 0.3 is 0 Å². The molecule has 1 fully saturated rings. The Morgan fingerprint density at radius 2 is 1.67 bits per heavy atom. The Kier molecular flexibility index (Phi) is 7.75. The first-order valence-corrected chi connectivity index (χ1v) is 13.1. The van der Waals surface area contributed by atoms with Crippen LogP contribution in [0, 0.1) is 13.8 Å². The highest BCUT2D eigenvalue weighted by Crippen LogP contribution is 2.25. The van der Waals surface area contributed by atoms with Crippen LogP contribution in [0.1, 0.15) is 11.1 Å². The maximum absolute atomic E-state index is 12.8. The smallest absolute Gasteiger partial charge is 0.262 e. The molecular formula is C21H27N3O7S2. The summed E-state index contributed by atoms with van der Waals surface area (Å²) >= 11 is 0. The quantitative estimate of drug-likeness (QED) is 0.561. The molecule has 0 atom stereocenters. The van der Waals surface area contributed by atoms with Crippen LogP contribution in [0.2, 0.25) is 0 Å². The van der Waals surface area contributed by atoms with Crippen LogP contribution in [0.25, 0.3) is 0 Å². The zero-order chi connectivity index (χ0) is 24.2. The highest BCUT2D eigenvalue weighted by Gasteiger charge is 2.26. The average Bonchev–Trinajstić information content (AvgIpc) is 2.80. The van der Waals surface area contributed by atoms with Crippen molar-refractivity contribution < 1.29 is 31.1 Å². The zero-order valence-corrected chi connectivity index (χ0v) is 20.3. The van der Waals surface area contributed by atoms with E-state index in [2.05, 4.69) is 10.0 Å². The average molecular weight is 498 g/mol. The minimum atomic E-state index is -3.65. The van der Waals surface area contributed by atoms with Crippen LogP contribution in [0.5, 0.6) is 5.75 Å². The van der Waals surface area contributed by atoms with Gasteiger partial charge in [-0.2, -0.15) is 4.31 Å². The third kappa shape index (κ3) is 5.89. The van der Waals surface area contributed by atoms with E-state index in [1.165, 1.54) is 41.7 Å². The van der Waals surface area contributed by atoms with Crippen molar-refractivity contribution in [2.24, 2.45) is 0 Å². The predicted octanol–water partition coefficient (Wildman–Crippen LogP) is 1.25. The number of carbonyl (C=O) groups excluding carboxylic acids is 1. The maximum Gasteiger partial charge on any atom is 0.262 e. The molecular weight excluding hydrogens is 470 g/mol. The molecule has 0 aromatic heterocycles. The highest BCUT2D eigenvalue weighted by atomic mass is 32.2. The number of benzene rings is 2. The fraction of sp³-hybridized carbons (Fsp3) is 0.381. The van der Waals surface area contributed by atoms with Crippen LogP contribution in [0.4, 0.5) is 5.69 Å². The van der Waals surface area contributed by atoms with E-state index in [0.29, 0.717) is 48.9 Å². The Morgan fingerprint density at radius 3 is 2.30 bits per heavy atom. The number of anilines is 1. The molecule has 0 unspecified atom stereocenters. The van der Waals surface area contributed by atoms with Gasteiger partial charge in [0, 0.05) is 18.8 Å². The lowest BCUT2D eigenvalue weighted by atomic mass is 10.2. The molecule has 1 aliphatic rings. The molecule has 0 aliphatic carbocycles. The Hall–Kier alpha value is -2.51. The van der Waals surface area contributed by atoms with Crippen LogP contribution in [0.3, 0.4) is 0 Å². The van der Waals surface area contributed by atoms with Crippen LogP contribution in [-0.2, 0) is 29.6 Å². The van der Waals surface area contributed by atoms with Gasteiger partial charge < -0.3 is 14.8 Å². The largest absolute Gasteiger partial charge is 0.483 e. The number of rotatable bonds is 8. The van der Waals surface area contributed by atoms with E-state index in [0.717, 1.165) is 0 Å². The Balaban J connectivity index is 1.67. The fourth-order valence-electron chi connectivity index (χ4n) is 3.23. The molecule has 0 radical (unpaired) electrons. The van der Waals surface area contributed by atoms with Crippen LogP contribution < -0.4 is 14.8 Å². The highest BCUT2D eigenvalue weighted by molar-refractivity contribution is 7.89. The second-order valence-electron chi connectivity index (χ2n) is 7.46. The number of nitrogens with zero attached hydrogens (tertiary/aromatic N) is 1. The number of hydrogen-bond donors (Lipinski definition) is 2. The molecule has 10 nitrogen and oxygen atoms in total. The van der Waals surface area contributed by atoms with Gasteiger partial charge in [-0.15, -0.1) is 0 Å². The molecule has 2 N–H and O–H groups in total. The van der Waals surface area contributed by atoms with E-state index in [4.69, 9.17) is 9.47 Å². The molecule has 1 saturated heterocycles. The zero-order valence-electron chi connectivity index (χ0n) is 18.6. The molecule has 1 amide bonds. The van der Waals surface area contributed by atoms with Gasteiger partial charge in [0.2, 0.25) is 20.0 Å². The van der Waals surface area contributed by atoms with Gasteiger partial charge in [0.25, 0.3) is 5.91 Å². The summed E-state index contributed by atoms with van der Waals surface area (Å²) in [6, 6.07) is 8.88. The molecule has 0 bridgehead atoms. The molecule has 3 rings (SSSR count). The van der Waals surface area contributed by atoms with Gasteiger partial charge in [-0.05, 0) is 62.4 Å². The van der Waals surface area contributed by atoms with Gasteiger partial charge in [0.1, 0.15) is 5.75 Å². The summed E-state index contributed by atoms with van der Waals surface area (Å²) < 4.78 is 64.0. The number of hydrogen-bond acceptors (Lipinski definition) is 7. The van der Waals surface area contributed by atoms with Crippen LogP contribution >= 0.6 is 0 Å². The lowest BCUT2D eigenvalue weighted by Gasteiger charge is -2.26. The Morgan fingerprint density at radius 1 is 1.00 bits per heavy atom. The topological polar surface area (TPSA) is 131 Å². The van der Waals surface area contributed by atoms with Gasteiger partial charge in [-0.3, -0.25) is 4.79 Å². The van der Waals surface area contributed by atoms with E-state index >= 15 is 0 Å². The van der Waals surface area contributed by atoms with Crippen molar-refractivity contribution in [2.75, 3.05) is 45.3 Å². The normalized spacial score (nSPS) is 15.2. The molecule has 2 aromatic carbocycles. The lowest BCUT2D eigenvalue weighted by molar-refractivity contribution is -0.118. The summed E-state index contributed by atoms with van der Waals surface area (Å²) in [5, 5.41) is 2.64. The van der Waals surface area contributed by atoms with Gasteiger partial charge in [0.15, 0.2) is 6.61 Å². The summed E-state index contributed by atoms with van der Waals surface area (Å²) in [4.78, 5) is 12.6. The molecule has 33 heavy (non-hydrogen) atoms. The SMILES string of the molecule is CNS(=O)(=O)c1ccc(C)c(NC(=O)COc2ccc(S(=O)(=O)N3CCOCC3)cc2C)c1. The predicted molar refractivity (Wildman–Crippen MR) is 122 cm³/mol. The van der Waals surface area contributed by atoms with Crippen LogP contribution in [0.15, 0.2) is 46.2 Å². The van der Waals surface area contributed by atoms with E-state index in [9.17, 15) is 21.6 Å². The number of amides is 1. The second kappa shape index (κ2) is 10.2. The van der Waals surface area contributed by atoms with Crippen molar-refractivity contribution in [3.05, 3.63) is 47.5 Å². The van der Waals surface area contributed by atoms with Crippen molar-refractivity contribution in [2.45, 2.75) is 23.6 Å². The summed E-state index contributed by atoms with van der Waals surface area (Å²) in [5.74, 6) is -0.115. The molecule has 0 saturated carbocycles. The van der Waals surface area contributed by atoms with Gasteiger partial charge in [0.05, 0.1) is 23.0 Å². The van der Waals surface area contributed by atoms with Crippen molar-refractivity contribution in [3.63, 3.8) is 0 Å². The molecule has 2 aromatic rings. The molecule has 1 aliphatic heterocycles. The first-order valence-electron chi connectivity index (χ1n) is 10.2. The maximum atomic E-state index is 12.8. The summed E-state index contributed by atoms with van der Waals surface area (Å²) in [5.41, 5.74) is 1.60. The minimum Gasteiger partial charge on any atom is -0.483 e.